The van der Waals surface area contributed by atoms with E-state index in [-0.39, 0.29) is 13.2 Å². The van der Waals surface area contributed by atoms with Crippen molar-refractivity contribution in [2.45, 2.75) is 19.1 Å². The van der Waals surface area contributed by atoms with Crippen molar-refractivity contribution in [3.63, 3.8) is 0 Å². The van der Waals surface area contributed by atoms with Crippen LogP contribution in [-0.4, -0.2) is 53.8 Å². The molecule has 0 saturated carbocycles. The van der Waals surface area contributed by atoms with E-state index >= 15 is 0 Å². The lowest BCUT2D eigenvalue weighted by Gasteiger charge is -2.34. The molecule has 0 unspecified atom stereocenters. The van der Waals surface area contributed by atoms with Crippen LogP contribution in [0, 0.1) is 11.3 Å². The summed E-state index contributed by atoms with van der Waals surface area (Å²) >= 11 is 0. The number of hydrogen-bond donors (Lipinski definition) is 1. The highest BCUT2D eigenvalue weighted by Crippen LogP contribution is 2.17. The monoisotopic (exact) mass is 304 g/mol. The largest absolute Gasteiger partial charge is 0.481 e. The third kappa shape index (κ3) is 3.54. The van der Waals surface area contributed by atoms with Gasteiger partial charge in [0, 0.05) is 6.54 Å². The summed E-state index contributed by atoms with van der Waals surface area (Å²) in [6.45, 7) is 2.03. The molecule has 1 N–H and O–H groups in total. The first-order chi connectivity index (χ1) is 10.5. The van der Waals surface area contributed by atoms with Crippen LogP contribution in [0.15, 0.2) is 24.3 Å². The zero-order valence-electron chi connectivity index (χ0n) is 12.1. The molecular formula is C15H16N2O5. The predicted octanol–water partition coefficient (Wildman–Crippen LogP) is 0.638. The third-order valence-electron chi connectivity index (χ3n) is 3.32. The second-order valence-corrected chi connectivity index (χ2v) is 4.86. The van der Waals surface area contributed by atoms with Gasteiger partial charge >= 0.3 is 5.97 Å². The molecule has 22 heavy (non-hydrogen) atoms. The molecule has 1 amide bonds. The van der Waals surface area contributed by atoms with Crippen LogP contribution in [0.1, 0.15) is 12.5 Å². The SMILES string of the molecule is C[C@H](Oc1cccc(C#N)c1)C(=O)N1CCOC[C@H]1C(=O)O. The first-order valence-corrected chi connectivity index (χ1v) is 6.80. The van der Waals surface area contributed by atoms with Gasteiger partial charge in [-0.25, -0.2) is 4.79 Å². The third-order valence-corrected chi connectivity index (χ3v) is 3.32. The van der Waals surface area contributed by atoms with Crippen LogP contribution in [0.2, 0.25) is 0 Å². The molecule has 0 spiro atoms. The summed E-state index contributed by atoms with van der Waals surface area (Å²) in [6, 6.07) is 7.43. The smallest absolute Gasteiger partial charge is 0.328 e. The average molecular weight is 304 g/mol. The maximum Gasteiger partial charge on any atom is 0.328 e. The molecule has 0 aliphatic carbocycles. The van der Waals surface area contributed by atoms with Gasteiger partial charge in [-0.15, -0.1) is 0 Å². The van der Waals surface area contributed by atoms with Gasteiger partial charge in [0.15, 0.2) is 12.1 Å². The highest BCUT2D eigenvalue weighted by atomic mass is 16.5. The molecule has 1 aliphatic rings. The summed E-state index contributed by atoms with van der Waals surface area (Å²) in [6.07, 6.45) is -0.853. The number of morpholine rings is 1. The van der Waals surface area contributed by atoms with Crippen LogP contribution in [0.3, 0.4) is 0 Å². The van der Waals surface area contributed by atoms with Gasteiger partial charge in [-0.3, -0.25) is 4.79 Å². The van der Waals surface area contributed by atoms with Crippen LogP contribution >= 0.6 is 0 Å². The number of ether oxygens (including phenoxy) is 2. The molecule has 0 radical (unpaired) electrons. The van der Waals surface area contributed by atoms with Gasteiger partial charge in [-0.1, -0.05) is 6.07 Å². The summed E-state index contributed by atoms with van der Waals surface area (Å²) in [4.78, 5) is 24.8. The number of amides is 1. The topological polar surface area (TPSA) is 99.9 Å². The first kappa shape index (κ1) is 15.8. The number of nitrogens with zero attached hydrogens (tertiary/aromatic N) is 2. The first-order valence-electron chi connectivity index (χ1n) is 6.80. The van der Waals surface area contributed by atoms with E-state index < -0.39 is 24.0 Å². The molecule has 2 rings (SSSR count). The van der Waals surface area contributed by atoms with Gasteiger partial charge in [-0.05, 0) is 25.1 Å². The lowest BCUT2D eigenvalue weighted by molar-refractivity contribution is -0.161. The number of carbonyl (C=O) groups excluding carboxylic acids is 1. The van der Waals surface area contributed by atoms with Crippen LogP contribution in [-0.2, 0) is 14.3 Å². The van der Waals surface area contributed by atoms with Crippen molar-refractivity contribution in [2.24, 2.45) is 0 Å². The van der Waals surface area contributed by atoms with Crippen molar-refractivity contribution < 1.29 is 24.2 Å². The van der Waals surface area contributed by atoms with E-state index in [0.29, 0.717) is 17.9 Å². The van der Waals surface area contributed by atoms with Crippen molar-refractivity contribution in [2.75, 3.05) is 19.8 Å². The standard InChI is InChI=1S/C15H16N2O5/c1-10(22-12-4-2-3-11(7-12)8-16)14(18)17-5-6-21-9-13(17)15(19)20/h2-4,7,10,13H,5-6,9H2,1H3,(H,19,20)/t10-,13-/m0/s1. The fourth-order valence-electron chi connectivity index (χ4n) is 2.20. The lowest BCUT2D eigenvalue weighted by Crippen LogP contribution is -2.55. The molecule has 116 valence electrons. The zero-order valence-corrected chi connectivity index (χ0v) is 12.1. The van der Waals surface area contributed by atoms with E-state index in [0.717, 1.165) is 0 Å². The van der Waals surface area contributed by atoms with Crippen LogP contribution in [0.4, 0.5) is 0 Å². The second kappa shape index (κ2) is 6.91. The Kier molecular flexibility index (Phi) is 4.96. The number of rotatable bonds is 4. The minimum atomic E-state index is -1.10. The molecule has 1 aromatic rings. The summed E-state index contributed by atoms with van der Waals surface area (Å²) in [5.41, 5.74) is 0.423. The van der Waals surface area contributed by atoms with Gasteiger partial charge in [0.2, 0.25) is 0 Å². The summed E-state index contributed by atoms with van der Waals surface area (Å²) in [5, 5.41) is 18.0. The Labute approximate surface area is 127 Å². The van der Waals surface area contributed by atoms with Gasteiger partial charge in [0.05, 0.1) is 24.8 Å². The summed E-state index contributed by atoms with van der Waals surface area (Å²) in [7, 11) is 0. The van der Waals surface area contributed by atoms with Crippen molar-refractivity contribution in [1.82, 2.24) is 4.90 Å². The van der Waals surface area contributed by atoms with Crippen LogP contribution in [0.5, 0.6) is 5.75 Å². The Morgan fingerprint density at radius 2 is 2.32 bits per heavy atom. The van der Waals surface area contributed by atoms with Crippen LogP contribution < -0.4 is 4.74 Å². The molecular weight excluding hydrogens is 288 g/mol. The Bertz CT molecular complexity index is 610. The molecule has 1 heterocycles. The van der Waals surface area contributed by atoms with E-state index in [1.807, 2.05) is 6.07 Å². The summed E-state index contributed by atoms with van der Waals surface area (Å²) in [5.74, 6) is -1.13. The van der Waals surface area contributed by atoms with Gasteiger partial charge < -0.3 is 19.5 Å². The van der Waals surface area contributed by atoms with Gasteiger partial charge in [0.1, 0.15) is 5.75 Å². The highest BCUT2D eigenvalue weighted by Gasteiger charge is 2.35. The number of nitriles is 1. The molecule has 0 bridgehead atoms. The fraction of sp³-hybridized carbons (Fsp3) is 0.400. The van der Waals surface area contributed by atoms with E-state index in [2.05, 4.69) is 0 Å². The molecule has 7 nitrogen and oxygen atoms in total. The Hall–Kier alpha value is -2.59. The lowest BCUT2D eigenvalue weighted by atomic mass is 10.2. The number of carbonyl (C=O) groups is 2. The van der Waals surface area contributed by atoms with Crippen molar-refractivity contribution >= 4 is 11.9 Å². The molecule has 1 aliphatic heterocycles. The number of aliphatic carboxylic acids is 1. The Morgan fingerprint density at radius 1 is 1.55 bits per heavy atom. The fourth-order valence-corrected chi connectivity index (χ4v) is 2.20. The zero-order chi connectivity index (χ0) is 16.1. The number of hydrogen-bond acceptors (Lipinski definition) is 5. The predicted molar refractivity (Wildman–Crippen MR) is 75.2 cm³/mol. The summed E-state index contributed by atoms with van der Waals surface area (Å²) < 4.78 is 10.6. The molecule has 2 atom stereocenters. The van der Waals surface area contributed by atoms with Crippen molar-refractivity contribution in [3.05, 3.63) is 29.8 Å². The molecule has 1 aromatic carbocycles. The van der Waals surface area contributed by atoms with E-state index in [1.54, 1.807) is 25.1 Å². The minimum Gasteiger partial charge on any atom is -0.481 e. The van der Waals surface area contributed by atoms with Crippen molar-refractivity contribution in [1.29, 1.82) is 5.26 Å². The van der Waals surface area contributed by atoms with E-state index in [4.69, 9.17) is 19.8 Å². The molecule has 0 aromatic heterocycles. The Morgan fingerprint density at radius 3 is 3.00 bits per heavy atom. The van der Waals surface area contributed by atoms with E-state index in [9.17, 15) is 9.59 Å². The maximum atomic E-state index is 12.4. The second-order valence-electron chi connectivity index (χ2n) is 4.86. The number of carboxylic acid groups (broad SMARTS) is 1. The van der Waals surface area contributed by atoms with Gasteiger partial charge in [0.25, 0.3) is 5.91 Å². The number of benzene rings is 1. The molecule has 1 fully saturated rings. The Balaban J connectivity index is 2.07. The maximum absolute atomic E-state index is 12.4. The van der Waals surface area contributed by atoms with Gasteiger partial charge in [-0.2, -0.15) is 5.26 Å². The minimum absolute atomic E-state index is 0.0300. The highest BCUT2D eigenvalue weighted by molar-refractivity contribution is 5.86. The molecule has 1 saturated heterocycles. The van der Waals surface area contributed by atoms with Crippen LogP contribution in [0.25, 0.3) is 0 Å². The number of carboxylic acids is 1. The average Bonchev–Trinajstić information content (AvgIpc) is 2.54. The van der Waals surface area contributed by atoms with Crippen molar-refractivity contribution in [3.8, 4) is 11.8 Å². The van der Waals surface area contributed by atoms with E-state index in [1.165, 1.54) is 11.0 Å². The quantitative estimate of drug-likeness (QED) is 0.876. The normalized spacial score (nSPS) is 19.1. The molecule has 7 heteroatoms.